The summed E-state index contributed by atoms with van der Waals surface area (Å²) in [7, 11) is 0. The number of carbonyl (C=O) groups excluding carboxylic acids is 1. The Balaban J connectivity index is 2.04. The molecule has 2 atom stereocenters. The Hall–Kier alpha value is -1.13. The fourth-order valence-corrected chi connectivity index (χ4v) is 2.63. The van der Waals surface area contributed by atoms with Crippen LogP contribution < -0.4 is 11.1 Å². The van der Waals surface area contributed by atoms with E-state index in [0.29, 0.717) is 10.8 Å². The van der Waals surface area contributed by atoms with Crippen molar-refractivity contribution < 1.29 is 4.79 Å². The van der Waals surface area contributed by atoms with E-state index < -0.39 is 0 Å². The third-order valence-corrected chi connectivity index (χ3v) is 4.08. The fraction of sp³-hybridized carbons (Fsp3) is 0.571. The van der Waals surface area contributed by atoms with Gasteiger partial charge in [-0.2, -0.15) is 0 Å². The summed E-state index contributed by atoms with van der Waals surface area (Å²) in [6, 6.07) is 1.79. The lowest BCUT2D eigenvalue weighted by Gasteiger charge is -2.20. The average Bonchev–Trinajstić information content (AvgIpc) is 2.58. The van der Waals surface area contributed by atoms with Crippen LogP contribution in [0.15, 0.2) is 12.3 Å². The molecule has 0 saturated heterocycles. The topological polar surface area (TPSA) is 68.0 Å². The Morgan fingerprint density at radius 2 is 2.16 bits per heavy atom. The predicted octanol–water partition coefficient (Wildman–Crippen LogP) is 2.89. The van der Waals surface area contributed by atoms with Crippen molar-refractivity contribution in [1.29, 1.82) is 0 Å². The summed E-state index contributed by atoms with van der Waals surface area (Å²) in [6.45, 7) is 1.86. The first kappa shape index (κ1) is 14.3. The number of halogens is 1. The normalized spacial score (nSPS) is 23.7. The van der Waals surface area contributed by atoms with Gasteiger partial charge in [-0.05, 0) is 31.4 Å². The molecule has 0 radical (unpaired) electrons. The Kier molecular flexibility index (Phi) is 4.77. The van der Waals surface area contributed by atoms with Crippen molar-refractivity contribution >= 4 is 23.2 Å². The van der Waals surface area contributed by atoms with Gasteiger partial charge in [-0.25, -0.2) is 4.98 Å². The number of anilines is 1. The van der Waals surface area contributed by atoms with E-state index in [-0.39, 0.29) is 17.9 Å². The van der Waals surface area contributed by atoms with E-state index in [0.717, 1.165) is 31.2 Å². The van der Waals surface area contributed by atoms with Crippen LogP contribution in [0.3, 0.4) is 0 Å². The van der Waals surface area contributed by atoms with Crippen molar-refractivity contribution in [2.75, 3.05) is 5.32 Å². The van der Waals surface area contributed by atoms with Crippen molar-refractivity contribution in [3.8, 4) is 0 Å². The van der Waals surface area contributed by atoms with Crippen LogP contribution in [0.5, 0.6) is 0 Å². The zero-order valence-electron chi connectivity index (χ0n) is 11.2. The molecule has 1 aromatic rings. The monoisotopic (exact) mass is 281 g/mol. The highest BCUT2D eigenvalue weighted by molar-refractivity contribution is 6.30. The second-order valence-corrected chi connectivity index (χ2v) is 5.59. The molecule has 1 heterocycles. The number of amides is 1. The Bertz CT molecular complexity index is 464. The maximum absolute atomic E-state index is 12.3. The van der Waals surface area contributed by atoms with Crippen LogP contribution in [-0.2, 0) is 4.79 Å². The summed E-state index contributed by atoms with van der Waals surface area (Å²) < 4.78 is 0. The SMILES string of the molecule is Cc1cc(NC(=O)C2CCCCCC2N)cnc1Cl. The van der Waals surface area contributed by atoms with E-state index in [4.69, 9.17) is 17.3 Å². The fourth-order valence-electron chi connectivity index (χ4n) is 2.52. The van der Waals surface area contributed by atoms with Crippen LogP contribution in [0.4, 0.5) is 5.69 Å². The van der Waals surface area contributed by atoms with E-state index in [1.54, 1.807) is 6.20 Å². The third kappa shape index (κ3) is 3.67. The number of aryl methyl sites for hydroxylation is 1. The van der Waals surface area contributed by atoms with Crippen LogP contribution in [-0.4, -0.2) is 16.9 Å². The Morgan fingerprint density at radius 3 is 2.89 bits per heavy atom. The molecule has 0 aromatic carbocycles. The number of aromatic nitrogens is 1. The van der Waals surface area contributed by atoms with E-state index in [2.05, 4.69) is 10.3 Å². The first-order valence-electron chi connectivity index (χ1n) is 6.76. The van der Waals surface area contributed by atoms with E-state index >= 15 is 0 Å². The molecule has 0 spiro atoms. The summed E-state index contributed by atoms with van der Waals surface area (Å²) in [4.78, 5) is 16.3. The number of hydrogen-bond donors (Lipinski definition) is 2. The van der Waals surface area contributed by atoms with Crippen LogP contribution in [0.1, 0.15) is 37.7 Å². The molecule has 4 nitrogen and oxygen atoms in total. The van der Waals surface area contributed by atoms with E-state index in [1.165, 1.54) is 6.42 Å². The van der Waals surface area contributed by atoms with Gasteiger partial charge in [0.05, 0.1) is 17.8 Å². The van der Waals surface area contributed by atoms with Crippen LogP contribution in [0.25, 0.3) is 0 Å². The highest BCUT2D eigenvalue weighted by Gasteiger charge is 2.27. The zero-order valence-corrected chi connectivity index (χ0v) is 11.9. The summed E-state index contributed by atoms with van der Waals surface area (Å²) in [5, 5.41) is 3.36. The lowest BCUT2D eigenvalue weighted by Crippen LogP contribution is -2.37. The average molecular weight is 282 g/mol. The molecule has 104 valence electrons. The lowest BCUT2D eigenvalue weighted by molar-refractivity contribution is -0.120. The molecule has 1 fully saturated rings. The minimum atomic E-state index is -0.0986. The van der Waals surface area contributed by atoms with Gasteiger partial charge in [-0.3, -0.25) is 4.79 Å². The van der Waals surface area contributed by atoms with Crippen molar-refractivity contribution in [1.82, 2.24) is 4.98 Å². The van der Waals surface area contributed by atoms with Crippen molar-refractivity contribution in [2.45, 2.75) is 45.1 Å². The number of nitrogens with one attached hydrogen (secondary N) is 1. The minimum absolute atomic E-state index is 0.00192. The van der Waals surface area contributed by atoms with Gasteiger partial charge in [0.1, 0.15) is 5.15 Å². The molecule has 3 N–H and O–H groups in total. The number of nitrogens with zero attached hydrogens (tertiary/aromatic N) is 1. The maximum atomic E-state index is 12.3. The standard InChI is InChI=1S/C14H20ClN3O/c1-9-7-10(8-17-13(9)15)18-14(19)11-5-3-2-4-6-12(11)16/h7-8,11-12H,2-6,16H2,1H3,(H,18,19). The maximum Gasteiger partial charge on any atom is 0.229 e. The van der Waals surface area contributed by atoms with Gasteiger partial charge >= 0.3 is 0 Å². The van der Waals surface area contributed by atoms with Crippen LogP contribution >= 0.6 is 11.6 Å². The predicted molar refractivity (Wildman–Crippen MR) is 77.2 cm³/mol. The number of rotatable bonds is 2. The molecule has 1 aliphatic carbocycles. The number of carbonyl (C=O) groups is 1. The molecule has 19 heavy (non-hydrogen) atoms. The molecule has 1 aliphatic rings. The first-order chi connectivity index (χ1) is 9.08. The second kappa shape index (κ2) is 6.35. The lowest BCUT2D eigenvalue weighted by atomic mass is 9.94. The van der Waals surface area contributed by atoms with E-state index in [9.17, 15) is 4.79 Å². The van der Waals surface area contributed by atoms with Gasteiger partial charge in [-0.1, -0.05) is 30.9 Å². The molecule has 5 heteroatoms. The molecule has 2 unspecified atom stereocenters. The number of nitrogens with two attached hydrogens (primary N) is 1. The van der Waals surface area contributed by atoms with Crippen molar-refractivity contribution in [3.63, 3.8) is 0 Å². The van der Waals surface area contributed by atoms with Gasteiger partial charge in [0.15, 0.2) is 0 Å². The summed E-state index contributed by atoms with van der Waals surface area (Å²) in [5.41, 5.74) is 7.63. The number of pyridine rings is 1. The molecule has 0 aliphatic heterocycles. The molecular weight excluding hydrogens is 262 g/mol. The summed E-state index contributed by atoms with van der Waals surface area (Å²) in [6.07, 6.45) is 6.73. The third-order valence-electron chi connectivity index (χ3n) is 3.69. The smallest absolute Gasteiger partial charge is 0.229 e. The zero-order chi connectivity index (χ0) is 13.8. The van der Waals surface area contributed by atoms with Gasteiger partial charge in [0, 0.05) is 6.04 Å². The highest BCUT2D eigenvalue weighted by atomic mass is 35.5. The van der Waals surface area contributed by atoms with Gasteiger partial charge in [-0.15, -0.1) is 0 Å². The number of hydrogen-bond acceptors (Lipinski definition) is 3. The second-order valence-electron chi connectivity index (χ2n) is 5.23. The molecule has 0 bridgehead atoms. The van der Waals surface area contributed by atoms with Gasteiger partial charge < -0.3 is 11.1 Å². The largest absolute Gasteiger partial charge is 0.327 e. The summed E-state index contributed by atoms with van der Waals surface area (Å²) >= 11 is 5.87. The quantitative estimate of drug-likeness (QED) is 0.647. The van der Waals surface area contributed by atoms with Crippen LogP contribution in [0, 0.1) is 12.8 Å². The molecule has 1 amide bonds. The van der Waals surface area contributed by atoms with Gasteiger partial charge in [0.25, 0.3) is 0 Å². The molecular formula is C14H20ClN3O. The molecule has 2 rings (SSSR count). The first-order valence-corrected chi connectivity index (χ1v) is 7.14. The molecule has 1 aromatic heterocycles. The van der Waals surface area contributed by atoms with Gasteiger partial charge in [0.2, 0.25) is 5.91 Å². The van der Waals surface area contributed by atoms with Crippen LogP contribution in [0.2, 0.25) is 5.15 Å². The van der Waals surface area contributed by atoms with Crippen molar-refractivity contribution in [3.05, 3.63) is 23.0 Å². The van der Waals surface area contributed by atoms with Crippen molar-refractivity contribution in [2.24, 2.45) is 11.7 Å². The minimum Gasteiger partial charge on any atom is -0.327 e. The Labute approximate surface area is 118 Å². The summed E-state index contributed by atoms with van der Waals surface area (Å²) in [5.74, 6) is -0.101. The van der Waals surface area contributed by atoms with E-state index in [1.807, 2.05) is 13.0 Å². The Morgan fingerprint density at radius 1 is 1.42 bits per heavy atom. The molecule has 1 saturated carbocycles. The highest BCUT2D eigenvalue weighted by Crippen LogP contribution is 2.24.